The van der Waals surface area contributed by atoms with Crippen molar-refractivity contribution in [2.75, 3.05) is 12.4 Å². The van der Waals surface area contributed by atoms with Crippen LogP contribution in [0.15, 0.2) is 34.2 Å². The maximum atomic E-state index is 14.7. The van der Waals surface area contributed by atoms with Gasteiger partial charge in [-0.2, -0.15) is 0 Å². The first-order chi connectivity index (χ1) is 15.0. The quantitative estimate of drug-likeness (QED) is 0.211. The van der Waals surface area contributed by atoms with Crippen LogP contribution in [0.1, 0.15) is 43.6 Å². The molecule has 0 saturated heterocycles. The smallest absolute Gasteiger partial charge is 0.316 e. The lowest BCUT2D eigenvalue weighted by molar-refractivity contribution is -0.140. The summed E-state index contributed by atoms with van der Waals surface area (Å²) in [5.41, 5.74) is 0.924. The van der Waals surface area contributed by atoms with Gasteiger partial charge in [0.2, 0.25) is 0 Å². The van der Waals surface area contributed by atoms with Crippen LogP contribution in [0.2, 0.25) is 0 Å². The first-order valence-corrected chi connectivity index (χ1v) is 12.4. The lowest BCUT2D eigenvalue weighted by Crippen LogP contribution is -2.24. The highest BCUT2D eigenvalue weighted by atomic mass is 32.2. The van der Waals surface area contributed by atoms with Crippen molar-refractivity contribution in [3.8, 4) is 5.69 Å². The third kappa shape index (κ3) is 4.55. The number of unbranched alkanes of at least 4 members (excludes halogenated alkanes) is 1. The van der Waals surface area contributed by atoms with E-state index < -0.39 is 5.82 Å². The summed E-state index contributed by atoms with van der Waals surface area (Å²) in [4.78, 5) is 32.3. The molecule has 0 bridgehead atoms. The number of rotatable bonds is 7. The Labute approximate surface area is 188 Å². The van der Waals surface area contributed by atoms with E-state index in [9.17, 15) is 14.0 Å². The number of carbonyl (C=O) groups excluding carboxylic acids is 1. The summed E-state index contributed by atoms with van der Waals surface area (Å²) in [6, 6.07) is 6.16. The molecule has 0 spiro atoms. The molecule has 0 saturated carbocycles. The normalized spacial score (nSPS) is 15.8. The Bertz CT molecular complexity index is 1170. The third-order valence-electron chi connectivity index (χ3n) is 5.47. The molecule has 1 aromatic carbocycles. The van der Waals surface area contributed by atoms with Gasteiger partial charge in [-0.15, -0.1) is 11.3 Å². The second-order valence-electron chi connectivity index (χ2n) is 7.88. The van der Waals surface area contributed by atoms with Gasteiger partial charge in [-0.1, -0.05) is 44.2 Å². The Morgan fingerprint density at radius 1 is 1.39 bits per heavy atom. The number of para-hydroxylation sites is 1. The Balaban J connectivity index is 1.78. The van der Waals surface area contributed by atoms with Crippen molar-refractivity contribution in [1.82, 2.24) is 9.55 Å². The summed E-state index contributed by atoms with van der Waals surface area (Å²) in [7, 11) is 0. The number of aryl methyl sites for hydroxylation is 1. The van der Waals surface area contributed by atoms with Crippen LogP contribution in [0, 0.1) is 11.7 Å². The van der Waals surface area contributed by atoms with E-state index in [2.05, 4.69) is 6.92 Å². The fourth-order valence-electron chi connectivity index (χ4n) is 3.81. The third-order valence-corrected chi connectivity index (χ3v) is 7.53. The highest BCUT2D eigenvalue weighted by Gasteiger charge is 2.26. The maximum Gasteiger partial charge on any atom is 0.316 e. The topological polar surface area (TPSA) is 61.2 Å². The van der Waals surface area contributed by atoms with Crippen LogP contribution in [-0.4, -0.2) is 27.9 Å². The number of ether oxygens (including phenoxy) is 1. The molecule has 4 rings (SSSR count). The average Bonchev–Trinajstić information content (AvgIpc) is 3.11. The van der Waals surface area contributed by atoms with E-state index in [1.807, 2.05) is 6.92 Å². The van der Waals surface area contributed by atoms with E-state index in [4.69, 9.17) is 9.72 Å². The molecular formula is C23H25FN2O3S2. The summed E-state index contributed by atoms with van der Waals surface area (Å²) >= 11 is 2.65. The summed E-state index contributed by atoms with van der Waals surface area (Å²) in [6.07, 6.45) is 4.54. The molecular weight excluding hydrogens is 435 g/mol. The van der Waals surface area contributed by atoms with Crippen molar-refractivity contribution in [1.29, 1.82) is 0 Å². The number of hydrogen-bond donors (Lipinski definition) is 0. The predicted molar refractivity (Wildman–Crippen MR) is 123 cm³/mol. The molecule has 3 aromatic rings. The van der Waals surface area contributed by atoms with Gasteiger partial charge >= 0.3 is 5.97 Å². The fourth-order valence-corrected chi connectivity index (χ4v) is 6.04. The number of nitrogens with zero attached hydrogens (tertiary/aromatic N) is 2. The number of benzene rings is 1. The van der Waals surface area contributed by atoms with Gasteiger partial charge < -0.3 is 4.74 Å². The summed E-state index contributed by atoms with van der Waals surface area (Å²) in [6.45, 7) is 4.61. The predicted octanol–water partition coefficient (Wildman–Crippen LogP) is 5.15. The zero-order chi connectivity index (χ0) is 22.0. The SMILES string of the molecule is CCCCOC(=O)CSc1nc2sc3c(c2c(=O)n1-c1ccccc1F)CCC(C)C3. The average molecular weight is 461 g/mol. The van der Waals surface area contributed by atoms with Gasteiger partial charge in [-0.05, 0) is 49.3 Å². The molecule has 0 radical (unpaired) electrons. The van der Waals surface area contributed by atoms with Gasteiger partial charge in [0.15, 0.2) is 5.16 Å². The number of aromatic nitrogens is 2. The van der Waals surface area contributed by atoms with Crippen molar-refractivity contribution in [3.63, 3.8) is 0 Å². The fraction of sp³-hybridized carbons (Fsp3) is 0.435. The van der Waals surface area contributed by atoms with Crippen LogP contribution >= 0.6 is 23.1 Å². The monoisotopic (exact) mass is 460 g/mol. The minimum absolute atomic E-state index is 0.0121. The number of halogens is 1. The minimum atomic E-state index is -0.504. The number of carbonyl (C=O) groups is 1. The minimum Gasteiger partial charge on any atom is -0.465 e. The molecule has 1 atom stereocenters. The molecule has 1 aliphatic rings. The number of esters is 1. The first-order valence-electron chi connectivity index (χ1n) is 10.6. The van der Waals surface area contributed by atoms with Gasteiger partial charge in [0.05, 0.1) is 23.4 Å². The largest absolute Gasteiger partial charge is 0.465 e. The molecule has 164 valence electrons. The Hall–Kier alpha value is -2.19. The van der Waals surface area contributed by atoms with E-state index in [0.717, 1.165) is 49.4 Å². The van der Waals surface area contributed by atoms with Gasteiger partial charge in [0.1, 0.15) is 10.6 Å². The highest BCUT2D eigenvalue weighted by Crippen LogP contribution is 2.37. The molecule has 31 heavy (non-hydrogen) atoms. The van der Waals surface area contributed by atoms with Crippen LogP contribution < -0.4 is 5.56 Å². The zero-order valence-corrected chi connectivity index (χ0v) is 19.3. The number of hydrogen-bond acceptors (Lipinski definition) is 6. The van der Waals surface area contributed by atoms with Gasteiger partial charge in [-0.25, -0.2) is 9.37 Å². The van der Waals surface area contributed by atoms with Crippen molar-refractivity contribution in [2.24, 2.45) is 5.92 Å². The molecule has 2 aromatic heterocycles. The van der Waals surface area contributed by atoms with Gasteiger partial charge in [0.25, 0.3) is 5.56 Å². The maximum absolute atomic E-state index is 14.7. The van der Waals surface area contributed by atoms with Crippen molar-refractivity contribution >= 4 is 39.3 Å². The summed E-state index contributed by atoms with van der Waals surface area (Å²) in [5.74, 6) is -0.290. The molecule has 2 heterocycles. The van der Waals surface area contributed by atoms with Crippen LogP contribution in [0.5, 0.6) is 0 Å². The van der Waals surface area contributed by atoms with Gasteiger partial charge in [-0.3, -0.25) is 14.2 Å². The molecule has 0 fully saturated rings. The molecule has 0 N–H and O–H groups in total. The van der Waals surface area contributed by atoms with E-state index in [0.29, 0.717) is 27.9 Å². The van der Waals surface area contributed by atoms with Crippen molar-refractivity contribution < 1.29 is 13.9 Å². The van der Waals surface area contributed by atoms with Crippen LogP contribution in [0.3, 0.4) is 0 Å². The highest BCUT2D eigenvalue weighted by molar-refractivity contribution is 7.99. The second-order valence-corrected chi connectivity index (χ2v) is 9.91. The van der Waals surface area contributed by atoms with Crippen molar-refractivity contribution in [2.45, 2.75) is 51.1 Å². The standard InChI is InChI=1S/C23H25FN2O3S2/c1-3-4-11-29-19(27)13-30-23-25-21-20(15-10-9-14(2)12-18(15)31-21)22(28)26(23)17-8-6-5-7-16(17)24/h5-8,14H,3-4,9-13H2,1-2H3. The lowest BCUT2D eigenvalue weighted by Gasteiger charge is -2.18. The van der Waals surface area contributed by atoms with E-state index in [1.54, 1.807) is 29.5 Å². The Morgan fingerprint density at radius 3 is 2.97 bits per heavy atom. The summed E-state index contributed by atoms with van der Waals surface area (Å²) in [5, 5.41) is 0.895. The molecule has 0 aliphatic heterocycles. The number of thiophene rings is 1. The van der Waals surface area contributed by atoms with E-state index in [1.165, 1.54) is 15.5 Å². The van der Waals surface area contributed by atoms with Gasteiger partial charge in [0, 0.05) is 4.88 Å². The van der Waals surface area contributed by atoms with Crippen molar-refractivity contribution in [3.05, 3.63) is 50.9 Å². The summed E-state index contributed by atoms with van der Waals surface area (Å²) < 4.78 is 21.2. The molecule has 5 nitrogen and oxygen atoms in total. The van der Waals surface area contributed by atoms with Crippen LogP contribution in [-0.2, 0) is 22.4 Å². The number of fused-ring (bicyclic) bond motifs is 3. The Kier molecular flexibility index (Phi) is 6.77. The molecule has 1 unspecified atom stereocenters. The van der Waals surface area contributed by atoms with E-state index >= 15 is 0 Å². The first kappa shape index (κ1) is 22.0. The molecule has 8 heteroatoms. The molecule has 1 aliphatic carbocycles. The van der Waals surface area contributed by atoms with Crippen LogP contribution in [0.4, 0.5) is 4.39 Å². The number of thioether (sulfide) groups is 1. The second kappa shape index (κ2) is 9.53. The lowest BCUT2D eigenvalue weighted by atomic mass is 9.89. The van der Waals surface area contributed by atoms with E-state index in [-0.39, 0.29) is 23.0 Å². The Morgan fingerprint density at radius 2 is 2.19 bits per heavy atom. The molecule has 0 amide bonds. The zero-order valence-electron chi connectivity index (χ0n) is 17.7. The van der Waals surface area contributed by atoms with Crippen LogP contribution in [0.25, 0.3) is 15.9 Å².